The quantitative estimate of drug-likeness (QED) is 0.698. The third kappa shape index (κ3) is 3.71. The van der Waals surface area contributed by atoms with E-state index in [1.54, 1.807) is 10.6 Å². The number of hydrogen-bond acceptors (Lipinski definition) is 4. The molecule has 27 heavy (non-hydrogen) atoms. The molecule has 6 nitrogen and oxygen atoms in total. The maximum absolute atomic E-state index is 13.5. The third-order valence-corrected chi connectivity index (χ3v) is 4.97. The smallest absolute Gasteiger partial charge is 0.273 e. The Morgan fingerprint density at radius 1 is 1.33 bits per heavy atom. The molecule has 6 heteroatoms. The minimum atomic E-state index is -0.0370. The van der Waals surface area contributed by atoms with E-state index in [-0.39, 0.29) is 12.0 Å². The van der Waals surface area contributed by atoms with Gasteiger partial charge in [-0.05, 0) is 38.3 Å². The van der Waals surface area contributed by atoms with Gasteiger partial charge in [0.05, 0.1) is 11.8 Å². The van der Waals surface area contributed by atoms with Crippen molar-refractivity contribution in [2.24, 2.45) is 0 Å². The summed E-state index contributed by atoms with van der Waals surface area (Å²) in [5, 5.41) is 0. The minimum absolute atomic E-state index is 0.0370. The summed E-state index contributed by atoms with van der Waals surface area (Å²) in [5.74, 6) is 0.510. The van der Waals surface area contributed by atoms with Gasteiger partial charge in [0.15, 0.2) is 0 Å². The van der Waals surface area contributed by atoms with Gasteiger partial charge in [-0.25, -0.2) is 9.97 Å². The molecule has 3 aromatic rings. The van der Waals surface area contributed by atoms with Gasteiger partial charge in [-0.15, -0.1) is 0 Å². The number of hydrogen-bond donors (Lipinski definition) is 0. The Balaban J connectivity index is 1.67. The summed E-state index contributed by atoms with van der Waals surface area (Å²) in [6.07, 6.45) is 5.66. The highest BCUT2D eigenvalue weighted by atomic mass is 16.5. The van der Waals surface area contributed by atoms with Crippen LogP contribution in [0.3, 0.4) is 0 Å². The van der Waals surface area contributed by atoms with E-state index >= 15 is 0 Å². The summed E-state index contributed by atoms with van der Waals surface area (Å²) in [7, 11) is 0. The molecule has 0 bridgehead atoms. The number of carbonyl (C=O) groups excluding carboxylic acids is 1. The van der Waals surface area contributed by atoms with E-state index in [0.717, 1.165) is 25.0 Å². The van der Waals surface area contributed by atoms with Crippen molar-refractivity contribution < 1.29 is 9.53 Å². The van der Waals surface area contributed by atoms with Crippen LogP contribution in [-0.4, -0.2) is 44.4 Å². The summed E-state index contributed by atoms with van der Waals surface area (Å²) in [6, 6.07) is 10.1. The van der Waals surface area contributed by atoms with Gasteiger partial charge in [0.25, 0.3) is 5.91 Å². The Morgan fingerprint density at radius 2 is 2.22 bits per heavy atom. The first-order valence-electron chi connectivity index (χ1n) is 9.38. The number of fused-ring (bicyclic) bond motifs is 1. The first-order chi connectivity index (χ1) is 13.1. The van der Waals surface area contributed by atoms with E-state index in [1.807, 2.05) is 30.2 Å². The molecule has 1 unspecified atom stereocenters. The van der Waals surface area contributed by atoms with Crippen LogP contribution in [0.1, 0.15) is 40.2 Å². The molecule has 2 aromatic heterocycles. The highest BCUT2D eigenvalue weighted by Crippen LogP contribution is 2.19. The van der Waals surface area contributed by atoms with Crippen molar-refractivity contribution in [3.8, 4) is 0 Å². The van der Waals surface area contributed by atoms with Gasteiger partial charge in [-0.2, -0.15) is 0 Å². The number of ether oxygens (including phenoxy) is 1. The fourth-order valence-electron chi connectivity index (χ4n) is 3.69. The Kier molecular flexibility index (Phi) is 4.90. The zero-order chi connectivity index (χ0) is 18.8. The van der Waals surface area contributed by atoms with Gasteiger partial charge in [-0.3, -0.25) is 9.20 Å². The molecule has 0 aliphatic carbocycles. The standard InChI is InChI=1S/C21H24N4O2/c1-15-6-3-7-17(12-15)13-24(14-18-8-4-11-27-18)20(26)19-16(2)23-21-22-9-5-10-25(19)21/h3,5-7,9-10,12,18H,4,8,11,13-14H2,1-2H3. The van der Waals surface area contributed by atoms with Crippen LogP contribution in [-0.2, 0) is 11.3 Å². The van der Waals surface area contributed by atoms with Gasteiger partial charge in [0, 0.05) is 32.1 Å². The monoisotopic (exact) mass is 364 g/mol. The first kappa shape index (κ1) is 17.7. The number of imidazole rings is 1. The molecule has 1 saturated heterocycles. The van der Waals surface area contributed by atoms with E-state index in [1.165, 1.54) is 5.56 Å². The predicted molar refractivity (Wildman–Crippen MR) is 103 cm³/mol. The summed E-state index contributed by atoms with van der Waals surface area (Å²) in [4.78, 5) is 24.1. The van der Waals surface area contributed by atoms with Crippen molar-refractivity contribution >= 4 is 11.7 Å². The molecular weight excluding hydrogens is 340 g/mol. The molecule has 0 saturated carbocycles. The molecule has 0 N–H and O–H groups in total. The Hall–Kier alpha value is -2.73. The van der Waals surface area contributed by atoms with E-state index in [9.17, 15) is 4.79 Å². The molecule has 1 fully saturated rings. The molecule has 140 valence electrons. The maximum atomic E-state index is 13.5. The molecule has 1 aliphatic rings. The van der Waals surface area contributed by atoms with Crippen LogP contribution in [0.2, 0.25) is 0 Å². The lowest BCUT2D eigenvalue weighted by atomic mass is 10.1. The highest BCUT2D eigenvalue weighted by Gasteiger charge is 2.27. The molecule has 1 aliphatic heterocycles. The van der Waals surface area contributed by atoms with Crippen LogP contribution in [0.25, 0.3) is 5.78 Å². The van der Waals surface area contributed by atoms with Crippen LogP contribution in [0.15, 0.2) is 42.7 Å². The van der Waals surface area contributed by atoms with Crippen molar-refractivity contribution in [1.82, 2.24) is 19.3 Å². The van der Waals surface area contributed by atoms with E-state index < -0.39 is 0 Å². The van der Waals surface area contributed by atoms with Crippen molar-refractivity contribution in [2.75, 3.05) is 13.2 Å². The van der Waals surface area contributed by atoms with Crippen LogP contribution in [0.5, 0.6) is 0 Å². The SMILES string of the molecule is Cc1cccc(CN(CC2CCCO2)C(=O)c2c(C)nc3ncccn23)c1. The lowest BCUT2D eigenvalue weighted by Crippen LogP contribution is -2.37. The molecule has 1 aromatic carbocycles. The number of rotatable bonds is 5. The molecular formula is C21H24N4O2. The fourth-order valence-corrected chi connectivity index (χ4v) is 3.69. The largest absolute Gasteiger partial charge is 0.376 e. The number of aryl methyl sites for hydroxylation is 2. The number of nitrogens with zero attached hydrogens (tertiary/aromatic N) is 4. The molecule has 0 spiro atoms. The predicted octanol–water partition coefficient (Wildman–Crippen LogP) is 3.17. The number of aromatic nitrogens is 3. The average Bonchev–Trinajstić information content (AvgIpc) is 3.27. The van der Waals surface area contributed by atoms with Gasteiger partial charge < -0.3 is 9.64 Å². The Labute approximate surface area is 158 Å². The lowest BCUT2D eigenvalue weighted by molar-refractivity contribution is 0.0501. The minimum Gasteiger partial charge on any atom is -0.376 e. The zero-order valence-corrected chi connectivity index (χ0v) is 15.8. The van der Waals surface area contributed by atoms with Crippen molar-refractivity contribution in [3.05, 3.63) is 65.2 Å². The number of benzene rings is 1. The van der Waals surface area contributed by atoms with Crippen LogP contribution >= 0.6 is 0 Å². The van der Waals surface area contributed by atoms with Crippen LogP contribution < -0.4 is 0 Å². The Morgan fingerprint density at radius 3 is 3.00 bits per heavy atom. The van der Waals surface area contributed by atoms with E-state index in [0.29, 0.717) is 30.3 Å². The second-order valence-corrected chi connectivity index (χ2v) is 7.15. The van der Waals surface area contributed by atoms with Crippen molar-refractivity contribution in [3.63, 3.8) is 0 Å². The average molecular weight is 364 g/mol. The molecule has 4 rings (SSSR count). The van der Waals surface area contributed by atoms with Crippen molar-refractivity contribution in [1.29, 1.82) is 0 Å². The number of carbonyl (C=O) groups is 1. The van der Waals surface area contributed by atoms with Gasteiger partial charge in [-0.1, -0.05) is 29.8 Å². The molecule has 3 heterocycles. The molecule has 1 atom stereocenters. The van der Waals surface area contributed by atoms with Crippen LogP contribution in [0, 0.1) is 13.8 Å². The fraction of sp³-hybridized carbons (Fsp3) is 0.381. The summed E-state index contributed by atoms with van der Waals surface area (Å²) < 4.78 is 7.58. The summed E-state index contributed by atoms with van der Waals surface area (Å²) in [5.41, 5.74) is 3.57. The van der Waals surface area contributed by atoms with Gasteiger partial charge in [0.2, 0.25) is 5.78 Å². The number of amides is 1. The topological polar surface area (TPSA) is 59.7 Å². The van der Waals surface area contributed by atoms with Gasteiger partial charge in [0.1, 0.15) is 5.69 Å². The second-order valence-electron chi connectivity index (χ2n) is 7.15. The highest BCUT2D eigenvalue weighted by molar-refractivity contribution is 5.94. The molecule has 0 radical (unpaired) electrons. The van der Waals surface area contributed by atoms with E-state index in [2.05, 4.69) is 35.1 Å². The summed E-state index contributed by atoms with van der Waals surface area (Å²) >= 11 is 0. The normalized spacial score (nSPS) is 16.7. The lowest BCUT2D eigenvalue weighted by Gasteiger charge is -2.26. The first-order valence-corrected chi connectivity index (χ1v) is 9.38. The zero-order valence-electron chi connectivity index (χ0n) is 15.8. The van der Waals surface area contributed by atoms with Gasteiger partial charge >= 0.3 is 0 Å². The molecule has 1 amide bonds. The Bertz CT molecular complexity index is 960. The summed E-state index contributed by atoms with van der Waals surface area (Å²) in [6.45, 7) is 5.83. The van der Waals surface area contributed by atoms with Crippen molar-refractivity contribution in [2.45, 2.75) is 39.3 Å². The third-order valence-electron chi connectivity index (χ3n) is 4.97. The van der Waals surface area contributed by atoms with E-state index in [4.69, 9.17) is 4.74 Å². The second kappa shape index (κ2) is 7.48. The van der Waals surface area contributed by atoms with Crippen LogP contribution in [0.4, 0.5) is 0 Å². The maximum Gasteiger partial charge on any atom is 0.273 e.